The van der Waals surface area contributed by atoms with E-state index in [1.54, 1.807) is 0 Å². The number of nitrogens with one attached hydrogen (secondary N) is 2. The van der Waals surface area contributed by atoms with E-state index < -0.39 is 0 Å². The zero-order valence-electron chi connectivity index (χ0n) is 12.2. The number of carbonyl (C=O) groups is 1. The molecular weight excluding hydrogens is 212 g/mol. The van der Waals surface area contributed by atoms with Crippen LogP contribution in [0.1, 0.15) is 66.7 Å². The molecule has 0 fully saturated rings. The first-order valence-electron chi connectivity index (χ1n) is 6.87. The van der Waals surface area contributed by atoms with Gasteiger partial charge in [-0.05, 0) is 33.1 Å². The molecule has 0 spiro atoms. The Bertz CT molecular complexity index is 207. The number of urea groups is 1. The molecule has 0 aliphatic rings. The molecule has 0 rings (SSSR count). The first-order valence-corrected chi connectivity index (χ1v) is 6.87. The van der Waals surface area contributed by atoms with E-state index in [-0.39, 0.29) is 11.6 Å². The second-order valence-electron chi connectivity index (χ2n) is 6.23. The number of unbranched alkanes of at least 4 members (excludes halogenated alkanes) is 3. The molecule has 0 saturated heterocycles. The molecule has 3 heteroatoms. The average Bonchev–Trinajstić information content (AvgIpc) is 2.12. The Hall–Kier alpha value is -0.730. The van der Waals surface area contributed by atoms with Crippen molar-refractivity contribution in [1.82, 2.24) is 10.6 Å². The maximum Gasteiger partial charge on any atom is 0.315 e. The van der Waals surface area contributed by atoms with Crippen molar-refractivity contribution in [3.63, 3.8) is 0 Å². The second-order valence-corrected chi connectivity index (χ2v) is 6.23. The Labute approximate surface area is 107 Å². The topological polar surface area (TPSA) is 41.1 Å². The van der Waals surface area contributed by atoms with Gasteiger partial charge in [0.15, 0.2) is 0 Å². The smallest absolute Gasteiger partial charge is 0.315 e. The highest BCUT2D eigenvalue weighted by Gasteiger charge is 2.12. The molecule has 0 aromatic carbocycles. The summed E-state index contributed by atoms with van der Waals surface area (Å²) >= 11 is 0. The number of hydrogen-bond acceptors (Lipinski definition) is 1. The van der Waals surface area contributed by atoms with Crippen LogP contribution in [-0.2, 0) is 0 Å². The van der Waals surface area contributed by atoms with E-state index in [0.717, 1.165) is 18.9 Å². The van der Waals surface area contributed by atoms with E-state index in [1.165, 1.54) is 25.7 Å². The molecule has 0 aliphatic carbocycles. The van der Waals surface area contributed by atoms with Crippen LogP contribution in [0, 0.1) is 5.92 Å². The van der Waals surface area contributed by atoms with Crippen molar-refractivity contribution in [1.29, 1.82) is 0 Å². The Morgan fingerprint density at radius 3 is 2.18 bits per heavy atom. The molecule has 3 nitrogen and oxygen atoms in total. The van der Waals surface area contributed by atoms with Gasteiger partial charge < -0.3 is 10.6 Å². The first-order chi connectivity index (χ1) is 7.81. The van der Waals surface area contributed by atoms with Crippen LogP contribution in [-0.4, -0.2) is 18.1 Å². The molecule has 2 amide bonds. The zero-order chi connectivity index (χ0) is 13.3. The highest BCUT2D eigenvalue weighted by molar-refractivity contribution is 5.74. The summed E-state index contributed by atoms with van der Waals surface area (Å²) < 4.78 is 0. The molecule has 0 unspecified atom stereocenters. The Morgan fingerprint density at radius 2 is 1.65 bits per heavy atom. The van der Waals surface area contributed by atoms with Gasteiger partial charge in [0.1, 0.15) is 0 Å². The summed E-state index contributed by atoms with van der Waals surface area (Å²) in [4.78, 5) is 11.4. The third kappa shape index (κ3) is 13.2. The molecule has 0 saturated carbocycles. The normalized spacial score (nSPS) is 11.6. The maximum absolute atomic E-state index is 11.4. The molecule has 0 aliphatic heterocycles. The molecule has 0 bridgehead atoms. The van der Waals surface area contributed by atoms with Gasteiger partial charge in [-0.25, -0.2) is 4.79 Å². The highest BCUT2D eigenvalue weighted by Crippen LogP contribution is 2.08. The summed E-state index contributed by atoms with van der Waals surface area (Å²) in [6.45, 7) is 11.3. The predicted octanol–water partition coefficient (Wildman–Crippen LogP) is 3.69. The van der Waals surface area contributed by atoms with Gasteiger partial charge >= 0.3 is 6.03 Å². The molecule has 0 atom stereocenters. The summed E-state index contributed by atoms with van der Waals surface area (Å²) in [6, 6.07) is -0.0559. The van der Waals surface area contributed by atoms with Crippen molar-refractivity contribution < 1.29 is 4.79 Å². The predicted molar refractivity (Wildman–Crippen MR) is 74.2 cm³/mol. The van der Waals surface area contributed by atoms with E-state index in [2.05, 4.69) is 24.5 Å². The van der Waals surface area contributed by atoms with Crippen LogP contribution in [0.25, 0.3) is 0 Å². The lowest BCUT2D eigenvalue weighted by molar-refractivity contribution is 0.232. The van der Waals surface area contributed by atoms with Crippen LogP contribution in [0.5, 0.6) is 0 Å². The van der Waals surface area contributed by atoms with Gasteiger partial charge in [-0.15, -0.1) is 0 Å². The van der Waals surface area contributed by atoms with Crippen LogP contribution in [0.3, 0.4) is 0 Å². The summed E-state index contributed by atoms with van der Waals surface area (Å²) in [5.74, 6) is 0.811. The summed E-state index contributed by atoms with van der Waals surface area (Å²) in [5.41, 5.74) is -0.151. The number of carbonyl (C=O) groups excluding carboxylic acids is 1. The number of amides is 2. The molecule has 17 heavy (non-hydrogen) atoms. The second kappa shape index (κ2) is 8.37. The van der Waals surface area contributed by atoms with Gasteiger partial charge in [0, 0.05) is 12.1 Å². The van der Waals surface area contributed by atoms with E-state index in [0.29, 0.717) is 0 Å². The lowest BCUT2D eigenvalue weighted by Gasteiger charge is -2.20. The average molecular weight is 242 g/mol. The summed E-state index contributed by atoms with van der Waals surface area (Å²) in [5, 5.41) is 5.77. The number of rotatable bonds is 7. The van der Waals surface area contributed by atoms with Crippen molar-refractivity contribution in [3.8, 4) is 0 Å². The van der Waals surface area contributed by atoms with Gasteiger partial charge in [0.2, 0.25) is 0 Å². The fourth-order valence-corrected chi connectivity index (χ4v) is 1.62. The van der Waals surface area contributed by atoms with Crippen LogP contribution in [0.15, 0.2) is 0 Å². The van der Waals surface area contributed by atoms with Crippen molar-refractivity contribution in [2.24, 2.45) is 5.92 Å². The molecule has 0 aromatic heterocycles. The van der Waals surface area contributed by atoms with Crippen LogP contribution in [0.2, 0.25) is 0 Å². The molecule has 2 N–H and O–H groups in total. The molecule has 0 radical (unpaired) electrons. The van der Waals surface area contributed by atoms with Crippen LogP contribution in [0.4, 0.5) is 4.79 Å². The first kappa shape index (κ1) is 16.3. The quantitative estimate of drug-likeness (QED) is 0.657. The fourth-order valence-electron chi connectivity index (χ4n) is 1.62. The lowest BCUT2D eigenvalue weighted by atomic mass is 10.0. The Morgan fingerprint density at radius 1 is 1.06 bits per heavy atom. The van der Waals surface area contributed by atoms with Crippen LogP contribution >= 0.6 is 0 Å². The van der Waals surface area contributed by atoms with Gasteiger partial charge in [-0.1, -0.05) is 39.5 Å². The number of hydrogen-bond donors (Lipinski definition) is 2. The molecule has 0 heterocycles. The minimum Gasteiger partial charge on any atom is -0.338 e. The maximum atomic E-state index is 11.4. The van der Waals surface area contributed by atoms with Crippen molar-refractivity contribution in [2.75, 3.05) is 6.54 Å². The van der Waals surface area contributed by atoms with Gasteiger partial charge in [0.25, 0.3) is 0 Å². The SMILES string of the molecule is CC(C)CCCCCCNC(=O)NC(C)(C)C. The standard InChI is InChI=1S/C14H30N2O/c1-12(2)10-8-6-7-9-11-15-13(17)16-14(3,4)5/h12H,6-11H2,1-5H3,(H2,15,16,17). The third-order valence-electron chi connectivity index (χ3n) is 2.48. The molecular formula is C14H30N2O. The van der Waals surface area contributed by atoms with E-state index in [1.807, 2.05) is 20.8 Å². The largest absolute Gasteiger partial charge is 0.338 e. The van der Waals surface area contributed by atoms with E-state index >= 15 is 0 Å². The third-order valence-corrected chi connectivity index (χ3v) is 2.48. The molecule has 102 valence electrons. The fraction of sp³-hybridized carbons (Fsp3) is 0.929. The summed E-state index contributed by atoms with van der Waals surface area (Å²) in [6.07, 6.45) is 6.20. The Balaban J connectivity index is 3.31. The minimum atomic E-state index is -0.151. The van der Waals surface area contributed by atoms with Gasteiger partial charge in [-0.2, -0.15) is 0 Å². The van der Waals surface area contributed by atoms with Crippen molar-refractivity contribution in [2.45, 2.75) is 72.3 Å². The zero-order valence-corrected chi connectivity index (χ0v) is 12.2. The van der Waals surface area contributed by atoms with Crippen LogP contribution < -0.4 is 10.6 Å². The minimum absolute atomic E-state index is 0.0559. The van der Waals surface area contributed by atoms with Crippen molar-refractivity contribution >= 4 is 6.03 Å². The Kier molecular flexibility index (Phi) is 8.01. The lowest BCUT2D eigenvalue weighted by Crippen LogP contribution is -2.46. The van der Waals surface area contributed by atoms with Gasteiger partial charge in [-0.3, -0.25) is 0 Å². The molecule has 0 aromatic rings. The summed E-state index contributed by atoms with van der Waals surface area (Å²) in [7, 11) is 0. The van der Waals surface area contributed by atoms with E-state index in [4.69, 9.17) is 0 Å². The monoisotopic (exact) mass is 242 g/mol. The van der Waals surface area contributed by atoms with Crippen molar-refractivity contribution in [3.05, 3.63) is 0 Å². The van der Waals surface area contributed by atoms with Gasteiger partial charge in [0.05, 0.1) is 0 Å². The highest BCUT2D eigenvalue weighted by atomic mass is 16.2. The van der Waals surface area contributed by atoms with E-state index in [9.17, 15) is 4.79 Å².